The number of hydrogen-bond acceptors (Lipinski definition) is 8. The molecule has 0 radical (unpaired) electrons. The molecule has 0 bridgehead atoms. The van der Waals surface area contributed by atoms with Crippen LogP contribution in [0.1, 0.15) is 12.8 Å². The zero-order valence-corrected chi connectivity index (χ0v) is 20.8. The molecular weight excluding hydrogens is 499 g/mol. The SMILES string of the molecule is Fc1cc(NSc2ccccc2Cl)ccc1Oc1ccncc1-c1ccnc(NC2CCCNC2)n1. The van der Waals surface area contributed by atoms with E-state index in [1.807, 2.05) is 18.2 Å². The normalized spacial score (nSPS) is 15.3. The van der Waals surface area contributed by atoms with Crippen molar-refractivity contribution in [3.63, 3.8) is 0 Å². The maximum absolute atomic E-state index is 14.9. The van der Waals surface area contributed by atoms with Crippen molar-refractivity contribution in [3.05, 3.63) is 84.0 Å². The second kappa shape index (κ2) is 11.6. The number of aromatic nitrogens is 3. The lowest BCUT2D eigenvalue weighted by Crippen LogP contribution is -2.38. The van der Waals surface area contributed by atoms with Gasteiger partial charge in [0.15, 0.2) is 11.6 Å². The van der Waals surface area contributed by atoms with Gasteiger partial charge >= 0.3 is 0 Å². The van der Waals surface area contributed by atoms with Crippen LogP contribution in [0.3, 0.4) is 0 Å². The second-order valence-electron chi connectivity index (χ2n) is 8.21. The summed E-state index contributed by atoms with van der Waals surface area (Å²) < 4.78 is 24.0. The highest BCUT2D eigenvalue weighted by Gasteiger charge is 2.16. The Morgan fingerprint density at radius 1 is 1.08 bits per heavy atom. The van der Waals surface area contributed by atoms with Crippen molar-refractivity contribution in [2.24, 2.45) is 0 Å². The van der Waals surface area contributed by atoms with Crippen LogP contribution in [0.5, 0.6) is 11.5 Å². The zero-order chi connectivity index (χ0) is 24.7. The maximum Gasteiger partial charge on any atom is 0.223 e. The Hall–Kier alpha value is -3.40. The Labute approximate surface area is 218 Å². The third kappa shape index (κ3) is 6.04. The van der Waals surface area contributed by atoms with Gasteiger partial charge in [-0.25, -0.2) is 14.4 Å². The largest absolute Gasteiger partial charge is 0.453 e. The lowest BCUT2D eigenvalue weighted by atomic mass is 10.1. The third-order valence-corrected chi connectivity index (χ3v) is 6.97. The quantitative estimate of drug-likeness (QED) is 0.229. The van der Waals surface area contributed by atoms with Gasteiger partial charge in [-0.05, 0) is 67.7 Å². The van der Waals surface area contributed by atoms with Crippen molar-refractivity contribution in [1.29, 1.82) is 0 Å². The van der Waals surface area contributed by atoms with Gasteiger partial charge in [-0.3, -0.25) is 4.98 Å². The molecule has 2 aromatic heterocycles. The maximum atomic E-state index is 14.9. The van der Waals surface area contributed by atoms with E-state index in [2.05, 4.69) is 30.3 Å². The number of hydrogen-bond donors (Lipinski definition) is 3. The highest BCUT2D eigenvalue weighted by Crippen LogP contribution is 2.35. The minimum absolute atomic E-state index is 0.0939. The molecule has 3 N–H and O–H groups in total. The molecule has 36 heavy (non-hydrogen) atoms. The minimum atomic E-state index is -0.502. The molecule has 1 fully saturated rings. The van der Waals surface area contributed by atoms with E-state index in [4.69, 9.17) is 16.3 Å². The van der Waals surface area contributed by atoms with Gasteiger partial charge in [-0.15, -0.1) is 0 Å². The highest BCUT2D eigenvalue weighted by molar-refractivity contribution is 8.00. The number of halogens is 2. The summed E-state index contributed by atoms with van der Waals surface area (Å²) >= 11 is 7.50. The molecule has 0 spiro atoms. The van der Waals surface area contributed by atoms with Gasteiger partial charge in [-0.2, -0.15) is 0 Å². The average molecular weight is 523 g/mol. The van der Waals surface area contributed by atoms with Crippen LogP contribution >= 0.6 is 23.5 Å². The summed E-state index contributed by atoms with van der Waals surface area (Å²) in [5, 5.41) is 7.37. The van der Waals surface area contributed by atoms with E-state index >= 15 is 0 Å². The first kappa shape index (κ1) is 24.3. The molecule has 4 aromatic rings. The summed E-state index contributed by atoms with van der Waals surface area (Å²) in [4.78, 5) is 14.1. The van der Waals surface area contributed by atoms with Crippen molar-refractivity contribution in [1.82, 2.24) is 20.3 Å². The van der Waals surface area contributed by atoms with E-state index < -0.39 is 5.82 Å². The van der Waals surface area contributed by atoms with Crippen molar-refractivity contribution in [3.8, 4) is 22.8 Å². The van der Waals surface area contributed by atoms with Gasteiger partial charge in [0.05, 0.1) is 16.3 Å². The molecule has 1 aliphatic heterocycles. The molecule has 3 heterocycles. The molecule has 2 aromatic carbocycles. The van der Waals surface area contributed by atoms with Crippen LogP contribution in [-0.4, -0.2) is 34.1 Å². The van der Waals surface area contributed by atoms with Crippen LogP contribution in [0.15, 0.2) is 78.1 Å². The van der Waals surface area contributed by atoms with Crippen molar-refractivity contribution in [2.45, 2.75) is 23.8 Å². The van der Waals surface area contributed by atoms with Crippen LogP contribution in [0.2, 0.25) is 5.02 Å². The number of pyridine rings is 1. The Bertz CT molecular complexity index is 1340. The predicted octanol–water partition coefficient (Wildman–Crippen LogP) is 6.41. The van der Waals surface area contributed by atoms with Crippen molar-refractivity contribution < 1.29 is 9.13 Å². The minimum Gasteiger partial charge on any atom is -0.453 e. The highest BCUT2D eigenvalue weighted by atomic mass is 35.5. The number of anilines is 2. The molecule has 184 valence electrons. The summed E-state index contributed by atoms with van der Waals surface area (Å²) in [6, 6.07) is 15.9. The van der Waals surface area contributed by atoms with E-state index in [1.165, 1.54) is 18.0 Å². The fourth-order valence-corrected chi connectivity index (χ4v) is 4.72. The topological polar surface area (TPSA) is 84.0 Å². The molecule has 10 heteroatoms. The number of nitrogens with zero attached hydrogens (tertiary/aromatic N) is 3. The first-order valence-electron chi connectivity index (χ1n) is 11.6. The fraction of sp³-hybridized carbons (Fsp3) is 0.192. The molecule has 1 saturated heterocycles. The van der Waals surface area contributed by atoms with Crippen LogP contribution in [-0.2, 0) is 0 Å². The van der Waals surface area contributed by atoms with Crippen molar-refractivity contribution >= 4 is 35.2 Å². The Balaban J connectivity index is 1.31. The molecule has 0 aliphatic carbocycles. The van der Waals surface area contributed by atoms with Crippen LogP contribution in [0.25, 0.3) is 11.3 Å². The number of nitrogens with one attached hydrogen (secondary N) is 3. The van der Waals surface area contributed by atoms with Crippen LogP contribution in [0.4, 0.5) is 16.0 Å². The van der Waals surface area contributed by atoms with E-state index in [0.29, 0.717) is 33.7 Å². The van der Waals surface area contributed by atoms with Gasteiger partial charge in [0.1, 0.15) is 5.75 Å². The van der Waals surface area contributed by atoms with Crippen LogP contribution < -0.4 is 20.1 Å². The Morgan fingerprint density at radius 3 is 2.83 bits per heavy atom. The molecule has 1 atom stereocenters. The monoisotopic (exact) mass is 522 g/mol. The third-order valence-electron chi connectivity index (χ3n) is 5.61. The Kier molecular flexibility index (Phi) is 7.80. The average Bonchev–Trinajstić information content (AvgIpc) is 2.91. The molecule has 1 unspecified atom stereocenters. The first-order valence-corrected chi connectivity index (χ1v) is 12.7. The van der Waals surface area contributed by atoms with Gasteiger partial charge in [-0.1, -0.05) is 23.7 Å². The van der Waals surface area contributed by atoms with Gasteiger partial charge in [0.25, 0.3) is 0 Å². The summed E-state index contributed by atoms with van der Waals surface area (Å²) in [6.07, 6.45) is 7.10. The summed E-state index contributed by atoms with van der Waals surface area (Å²) in [5.74, 6) is 0.571. The summed E-state index contributed by atoms with van der Waals surface area (Å²) in [6.45, 7) is 1.90. The molecule has 5 rings (SSSR count). The number of piperidine rings is 1. The summed E-state index contributed by atoms with van der Waals surface area (Å²) in [7, 11) is 0. The molecule has 7 nitrogen and oxygen atoms in total. The van der Waals surface area contributed by atoms with E-state index in [9.17, 15) is 4.39 Å². The van der Waals surface area contributed by atoms with E-state index in [-0.39, 0.29) is 11.8 Å². The number of ether oxygens (including phenoxy) is 1. The van der Waals surface area contributed by atoms with E-state index in [1.54, 1.807) is 48.9 Å². The lowest BCUT2D eigenvalue weighted by molar-refractivity contribution is 0.443. The van der Waals surface area contributed by atoms with Crippen molar-refractivity contribution in [2.75, 3.05) is 23.1 Å². The number of benzene rings is 2. The lowest BCUT2D eigenvalue weighted by Gasteiger charge is -2.23. The molecule has 1 aliphatic rings. The first-order chi connectivity index (χ1) is 17.7. The Morgan fingerprint density at radius 2 is 2.00 bits per heavy atom. The predicted molar refractivity (Wildman–Crippen MR) is 142 cm³/mol. The molecule has 0 saturated carbocycles. The zero-order valence-electron chi connectivity index (χ0n) is 19.2. The standard InChI is InChI=1S/C26H24ClFN6OS/c27-20-5-1-2-6-25(20)36-34-17-7-8-24(21(28)14-17)35-23-10-12-30-16-19(23)22-9-13-31-26(33-22)32-18-4-3-11-29-15-18/h1-2,5-10,12-14,16,18,29,34H,3-4,11,15H2,(H,31,32,33). The van der Waals surface area contributed by atoms with Crippen LogP contribution in [0, 0.1) is 5.82 Å². The summed E-state index contributed by atoms with van der Waals surface area (Å²) in [5.41, 5.74) is 1.86. The van der Waals surface area contributed by atoms with E-state index in [0.717, 1.165) is 30.8 Å². The fourth-order valence-electron chi connectivity index (χ4n) is 3.81. The second-order valence-corrected chi connectivity index (χ2v) is 9.46. The van der Waals surface area contributed by atoms with Gasteiger partial charge in [0, 0.05) is 47.8 Å². The smallest absolute Gasteiger partial charge is 0.223 e. The van der Waals surface area contributed by atoms with Gasteiger partial charge < -0.3 is 20.1 Å². The molecule has 0 amide bonds. The molecular formula is C26H24ClFN6OS. The number of rotatable bonds is 8. The van der Waals surface area contributed by atoms with Gasteiger partial charge in [0.2, 0.25) is 5.95 Å².